The first-order chi connectivity index (χ1) is 7.89. The quantitative estimate of drug-likeness (QED) is 0.644. The summed E-state index contributed by atoms with van der Waals surface area (Å²) in [4.78, 5) is 1.94. The van der Waals surface area contributed by atoms with Gasteiger partial charge >= 0.3 is 0 Å². The Morgan fingerprint density at radius 2 is 2.06 bits per heavy atom. The predicted octanol–water partition coefficient (Wildman–Crippen LogP) is 0.245. The fraction of sp³-hybridized carbons (Fsp3) is 0.909. The second-order valence-electron chi connectivity index (χ2n) is 4.36. The normalized spacial score (nSPS) is 13.6. The minimum absolute atomic E-state index is 0.143. The molecule has 1 N–H and O–H groups in total. The highest BCUT2D eigenvalue weighted by Crippen LogP contribution is 1.95. The van der Waals surface area contributed by atoms with Crippen LogP contribution in [0, 0.1) is 11.3 Å². The number of hydrogen-bond acceptors (Lipinski definition) is 5. The van der Waals surface area contributed by atoms with Crippen LogP contribution in [0.15, 0.2) is 0 Å². The highest BCUT2D eigenvalue weighted by atomic mass is 32.2. The van der Waals surface area contributed by atoms with Crippen LogP contribution in [0.25, 0.3) is 0 Å². The van der Waals surface area contributed by atoms with Crippen LogP contribution in [0.5, 0.6) is 0 Å². The highest BCUT2D eigenvalue weighted by molar-refractivity contribution is 7.90. The van der Waals surface area contributed by atoms with Crippen LogP contribution in [0.2, 0.25) is 0 Å². The van der Waals surface area contributed by atoms with E-state index in [0.29, 0.717) is 6.54 Å². The first-order valence-electron chi connectivity index (χ1n) is 5.88. The molecular formula is C11H23N3O2S. The number of hydrogen-bond donors (Lipinski definition) is 1. The Morgan fingerprint density at radius 1 is 1.41 bits per heavy atom. The summed E-state index contributed by atoms with van der Waals surface area (Å²) in [7, 11) is -1.03. The van der Waals surface area contributed by atoms with Gasteiger partial charge in [-0.25, -0.2) is 8.42 Å². The van der Waals surface area contributed by atoms with Crippen molar-refractivity contribution < 1.29 is 8.42 Å². The van der Waals surface area contributed by atoms with E-state index in [0.717, 1.165) is 25.9 Å². The third kappa shape index (κ3) is 10.2. The minimum Gasteiger partial charge on any atom is -0.305 e. The van der Waals surface area contributed by atoms with Gasteiger partial charge in [-0.15, -0.1) is 0 Å². The SMILES string of the molecule is CCCNC(C#N)CCN(C)CCS(C)(=O)=O. The fourth-order valence-corrected chi connectivity index (χ4v) is 1.96. The number of nitrogens with zero attached hydrogens (tertiary/aromatic N) is 2. The van der Waals surface area contributed by atoms with E-state index < -0.39 is 9.84 Å². The molecule has 0 aromatic carbocycles. The van der Waals surface area contributed by atoms with E-state index >= 15 is 0 Å². The van der Waals surface area contributed by atoms with Gasteiger partial charge in [0.05, 0.1) is 17.9 Å². The third-order valence-electron chi connectivity index (χ3n) is 2.44. The molecule has 1 atom stereocenters. The summed E-state index contributed by atoms with van der Waals surface area (Å²) in [6, 6.07) is 2.07. The molecule has 0 aliphatic rings. The largest absolute Gasteiger partial charge is 0.305 e. The van der Waals surface area contributed by atoms with Crippen molar-refractivity contribution in [2.24, 2.45) is 0 Å². The molecule has 1 unspecified atom stereocenters. The maximum absolute atomic E-state index is 11.0. The van der Waals surface area contributed by atoms with E-state index in [1.165, 1.54) is 6.26 Å². The summed E-state index contributed by atoms with van der Waals surface area (Å²) in [5.41, 5.74) is 0. The average Bonchev–Trinajstić information content (AvgIpc) is 2.25. The zero-order chi connectivity index (χ0) is 13.3. The van der Waals surface area contributed by atoms with E-state index in [9.17, 15) is 8.42 Å². The van der Waals surface area contributed by atoms with Gasteiger partial charge in [-0.1, -0.05) is 6.92 Å². The van der Waals surface area contributed by atoms with Crippen LogP contribution in [0.4, 0.5) is 0 Å². The first-order valence-corrected chi connectivity index (χ1v) is 7.94. The van der Waals surface area contributed by atoms with Gasteiger partial charge < -0.3 is 10.2 Å². The standard InChI is InChI=1S/C11H23N3O2S/c1-4-6-13-11(10-12)5-7-14(2)8-9-17(3,15)16/h11,13H,4-9H2,1-3H3. The van der Waals surface area contributed by atoms with Crippen molar-refractivity contribution >= 4 is 9.84 Å². The van der Waals surface area contributed by atoms with Gasteiger partial charge in [0.15, 0.2) is 0 Å². The topological polar surface area (TPSA) is 73.2 Å². The molecule has 0 amide bonds. The molecule has 6 heteroatoms. The first kappa shape index (κ1) is 16.4. The summed E-state index contributed by atoms with van der Waals surface area (Å²) in [5.74, 6) is 0.170. The molecule has 0 rings (SSSR count). The molecule has 0 aliphatic heterocycles. The Morgan fingerprint density at radius 3 is 2.53 bits per heavy atom. The molecule has 0 saturated carbocycles. The fourth-order valence-electron chi connectivity index (χ4n) is 1.31. The van der Waals surface area contributed by atoms with E-state index in [1.807, 2.05) is 11.9 Å². The monoisotopic (exact) mass is 261 g/mol. The van der Waals surface area contributed by atoms with Crippen LogP contribution < -0.4 is 5.32 Å². The van der Waals surface area contributed by atoms with Gasteiger partial charge in [0.2, 0.25) is 0 Å². The molecule has 0 bridgehead atoms. The molecule has 0 fully saturated rings. The molecule has 0 aromatic heterocycles. The number of sulfone groups is 1. The summed E-state index contributed by atoms with van der Waals surface area (Å²) in [6.45, 7) is 4.14. The number of rotatable bonds is 9. The summed E-state index contributed by atoms with van der Waals surface area (Å²) in [5, 5.41) is 12.0. The van der Waals surface area contributed by atoms with Crippen LogP contribution >= 0.6 is 0 Å². The second-order valence-corrected chi connectivity index (χ2v) is 6.62. The summed E-state index contributed by atoms with van der Waals surface area (Å²) in [6.07, 6.45) is 2.96. The Labute approximate surface area is 105 Å². The lowest BCUT2D eigenvalue weighted by Gasteiger charge is -2.18. The van der Waals surface area contributed by atoms with E-state index in [1.54, 1.807) is 0 Å². The van der Waals surface area contributed by atoms with Crippen LogP contribution in [0.1, 0.15) is 19.8 Å². The third-order valence-corrected chi connectivity index (χ3v) is 3.36. The maximum atomic E-state index is 11.0. The van der Waals surface area contributed by atoms with Crippen molar-refractivity contribution in [2.75, 3.05) is 38.7 Å². The number of nitriles is 1. The van der Waals surface area contributed by atoms with Crippen molar-refractivity contribution in [1.29, 1.82) is 5.26 Å². The summed E-state index contributed by atoms with van der Waals surface area (Å²) >= 11 is 0. The molecule has 17 heavy (non-hydrogen) atoms. The lowest BCUT2D eigenvalue weighted by molar-refractivity contribution is 0.334. The van der Waals surface area contributed by atoms with Crippen molar-refractivity contribution in [1.82, 2.24) is 10.2 Å². The van der Waals surface area contributed by atoms with Gasteiger partial charge in [-0.3, -0.25) is 0 Å². The van der Waals surface area contributed by atoms with Gasteiger partial charge in [0.25, 0.3) is 0 Å². The van der Waals surface area contributed by atoms with Crippen molar-refractivity contribution in [2.45, 2.75) is 25.8 Å². The van der Waals surface area contributed by atoms with E-state index in [2.05, 4.69) is 18.3 Å². The molecule has 100 valence electrons. The Balaban J connectivity index is 3.81. The van der Waals surface area contributed by atoms with Crippen molar-refractivity contribution in [3.8, 4) is 6.07 Å². The van der Waals surface area contributed by atoms with E-state index in [-0.39, 0.29) is 11.8 Å². The van der Waals surface area contributed by atoms with Crippen molar-refractivity contribution in [3.63, 3.8) is 0 Å². The zero-order valence-corrected chi connectivity index (χ0v) is 11.8. The lowest BCUT2D eigenvalue weighted by atomic mass is 10.2. The average molecular weight is 261 g/mol. The predicted molar refractivity (Wildman–Crippen MR) is 69.5 cm³/mol. The molecule has 0 heterocycles. The van der Waals surface area contributed by atoms with Crippen LogP contribution in [-0.4, -0.2) is 58.1 Å². The Hall–Kier alpha value is -0.640. The van der Waals surface area contributed by atoms with Crippen molar-refractivity contribution in [3.05, 3.63) is 0 Å². The van der Waals surface area contributed by atoms with Gasteiger partial charge in [0.1, 0.15) is 9.84 Å². The highest BCUT2D eigenvalue weighted by Gasteiger charge is 2.09. The molecule has 0 aromatic rings. The lowest BCUT2D eigenvalue weighted by Crippen LogP contribution is -2.34. The molecule has 0 spiro atoms. The van der Waals surface area contributed by atoms with Gasteiger partial charge in [-0.2, -0.15) is 5.26 Å². The Bertz CT molecular complexity index is 335. The van der Waals surface area contributed by atoms with E-state index in [4.69, 9.17) is 5.26 Å². The zero-order valence-electron chi connectivity index (χ0n) is 10.9. The van der Waals surface area contributed by atoms with Crippen LogP contribution in [0.3, 0.4) is 0 Å². The summed E-state index contributed by atoms with van der Waals surface area (Å²) < 4.78 is 22.0. The molecular weight excluding hydrogens is 238 g/mol. The second kappa shape index (κ2) is 8.45. The number of nitrogens with one attached hydrogen (secondary N) is 1. The van der Waals surface area contributed by atoms with Crippen LogP contribution in [-0.2, 0) is 9.84 Å². The molecule has 0 saturated heterocycles. The smallest absolute Gasteiger partial charge is 0.148 e. The van der Waals surface area contributed by atoms with Gasteiger partial charge in [0, 0.05) is 19.3 Å². The molecule has 0 radical (unpaired) electrons. The Kier molecular flexibility index (Phi) is 8.13. The maximum Gasteiger partial charge on any atom is 0.148 e. The molecule has 0 aliphatic carbocycles. The van der Waals surface area contributed by atoms with Gasteiger partial charge in [-0.05, 0) is 26.4 Å². The molecule has 5 nitrogen and oxygen atoms in total. The minimum atomic E-state index is -2.90.